The van der Waals surface area contributed by atoms with Crippen LogP contribution in [-0.2, 0) is 0 Å². The molecule has 2 unspecified atom stereocenters. The minimum Gasteiger partial charge on any atom is -0.393 e. The van der Waals surface area contributed by atoms with Gasteiger partial charge >= 0.3 is 0 Å². The second-order valence-corrected chi connectivity index (χ2v) is 6.83. The van der Waals surface area contributed by atoms with Crippen molar-refractivity contribution in [3.63, 3.8) is 0 Å². The predicted molar refractivity (Wildman–Crippen MR) is 76.7 cm³/mol. The molecule has 0 bridgehead atoms. The Morgan fingerprint density at radius 1 is 1.00 bits per heavy atom. The smallest absolute Gasteiger partial charge is 0.0555 e. The van der Waals surface area contributed by atoms with E-state index in [0.29, 0.717) is 6.04 Å². The highest BCUT2D eigenvalue weighted by atomic mass is 16.3. The lowest BCUT2D eigenvalue weighted by Gasteiger charge is -2.40. The molecule has 2 heteroatoms. The predicted octanol–water partition coefficient (Wildman–Crippen LogP) is 3.58. The number of rotatable bonds is 5. The van der Waals surface area contributed by atoms with Crippen molar-refractivity contribution in [3.05, 3.63) is 0 Å². The summed E-state index contributed by atoms with van der Waals surface area (Å²) in [4.78, 5) is 2.77. The monoisotopic (exact) mass is 253 g/mol. The summed E-state index contributed by atoms with van der Waals surface area (Å²) in [5, 5.41) is 9.92. The van der Waals surface area contributed by atoms with E-state index in [2.05, 4.69) is 18.7 Å². The van der Waals surface area contributed by atoms with Crippen LogP contribution in [0.4, 0.5) is 0 Å². The molecule has 2 fully saturated rings. The van der Waals surface area contributed by atoms with E-state index < -0.39 is 0 Å². The van der Waals surface area contributed by atoms with Gasteiger partial charge in [0.05, 0.1) is 6.10 Å². The SMILES string of the molecule is CC(C)CCN(C1CCCC1)C1CCCC(O)C1. The van der Waals surface area contributed by atoms with Gasteiger partial charge in [0.15, 0.2) is 0 Å². The molecule has 2 aliphatic carbocycles. The van der Waals surface area contributed by atoms with Crippen molar-refractivity contribution in [2.24, 2.45) is 5.92 Å². The summed E-state index contributed by atoms with van der Waals surface area (Å²) in [5.41, 5.74) is 0. The molecule has 2 atom stereocenters. The largest absolute Gasteiger partial charge is 0.393 e. The van der Waals surface area contributed by atoms with E-state index >= 15 is 0 Å². The molecule has 0 aromatic heterocycles. The molecule has 0 heterocycles. The van der Waals surface area contributed by atoms with Gasteiger partial charge in [-0.2, -0.15) is 0 Å². The van der Waals surface area contributed by atoms with Crippen LogP contribution in [0, 0.1) is 5.92 Å². The van der Waals surface area contributed by atoms with Crippen molar-refractivity contribution in [2.45, 2.75) is 89.8 Å². The van der Waals surface area contributed by atoms with Gasteiger partial charge in [-0.3, -0.25) is 4.90 Å². The van der Waals surface area contributed by atoms with Crippen LogP contribution < -0.4 is 0 Å². The highest BCUT2D eigenvalue weighted by molar-refractivity contribution is 4.86. The first-order valence-corrected chi connectivity index (χ1v) is 8.10. The molecule has 0 amide bonds. The molecule has 0 aliphatic heterocycles. The van der Waals surface area contributed by atoms with E-state index in [9.17, 15) is 5.11 Å². The van der Waals surface area contributed by atoms with Crippen LogP contribution in [0.5, 0.6) is 0 Å². The summed E-state index contributed by atoms with van der Waals surface area (Å²) < 4.78 is 0. The molecular weight excluding hydrogens is 222 g/mol. The zero-order valence-electron chi connectivity index (χ0n) is 12.3. The van der Waals surface area contributed by atoms with Gasteiger partial charge in [-0.25, -0.2) is 0 Å². The standard InChI is InChI=1S/C16H31NO/c1-13(2)10-11-17(14-6-3-4-7-14)15-8-5-9-16(18)12-15/h13-16,18H,3-12H2,1-2H3. The molecule has 2 aliphatic rings. The maximum Gasteiger partial charge on any atom is 0.0555 e. The molecule has 0 radical (unpaired) electrons. The fourth-order valence-corrected chi connectivity index (χ4v) is 3.75. The molecule has 0 aromatic carbocycles. The van der Waals surface area contributed by atoms with Crippen molar-refractivity contribution < 1.29 is 5.11 Å². The first-order valence-electron chi connectivity index (χ1n) is 8.10. The Hall–Kier alpha value is -0.0800. The van der Waals surface area contributed by atoms with E-state index in [4.69, 9.17) is 0 Å². The Morgan fingerprint density at radius 2 is 1.67 bits per heavy atom. The van der Waals surface area contributed by atoms with E-state index in [1.165, 1.54) is 51.5 Å². The van der Waals surface area contributed by atoms with E-state index in [1.54, 1.807) is 0 Å². The first-order chi connectivity index (χ1) is 8.66. The molecular formula is C16H31NO. The number of aliphatic hydroxyl groups is 1. The van der Waals surface area contributed by atoms with Gasteiger partial charge < -0.3 is 5.11 Å². The highest BCUT2D eigenvalue weighted by Crippen LogP contribution is 2.31. The van der Waals surface area contributed by atoms with E-state index in [-0.39, 0.29) is 6.10 Å². The molecule has 0 saturated heterocycles. The van der Waals surface area contributed by atoms with Crippen molar-refractivity contribution in [3.8, 4) is 0 Å². The second-order valence-electron chi connectivity index (χ2n) is 6.83. The van der Waals surface area contributed by atoms with Crippen molar-refractivity contribution in [2.75, 3.05) is 6.54 Å². The zero-order chi connectivity index (χ0) is 13.0. The van der Waals surface area contributed by atoms with Crippen LogP contribution in [-0.4, -0.2) is 34.7 Å². The molecule has 106 valence electrons. The molecule has 1 N–H and O–H groups in total. The number of hydrogen-bond acceptors (Lipinski definition) is 2. The Bertz CT molecular complexity index is 235. The second kappa shape index (κ2) is 6.91. The summed E-state index contributed by atoms with van der Waals surface area (Å²) >= 11 is 0. The maximum absolute atomic E-state index is 9.92. The van der Waals surface area contributed by atoms with Crippen LogP contribution in [0.25, 0.3) is 0 Å². The molecule has 2 nitrogen and oxygen atoms in total. The number of nitrogens with zero attached hydrogens (tertiary/aromatic N) is 1. The summed E-state index contributed by atoms with van der Waals surface area (Å²) in [6.45, 7) is 5.89. The van der Waals surface area contributed by atoms with Crippen LogP contribution in [0.2, 0.25) is 0 Å². The molecule has 2 rings (SSSR count). The minimum atomic E-state index is -0.0355. The first kappa shape index (κ1) is 14.3. The Balaban J connectivity index is 1.93. The third-order valence-electron chi connectivity index (χ3n) is 4.85. The van der Waals surface area contributed by atoms with Gasteiger partial charge in [0, 0.05) is 12.1 Å². The quantitative estimate of drug-likeness (QED) is 0.809. The van der Waals surface area contributed by atoms with Gasteiger partial charge in [0.1, 0.15) is 0 Å². The highest BCUT2D eigenvalue weighted by Gasteiger charge is 2.31. The zero-order valence-corrected chi connectivity index (χ0v) is 12.3. The van der Waals surface area contributed by atoms with Crippen molar-refractivity contribution in [1.29, 1.82) is 0 Å². The number of hydrogen-bond donors (Lipinski definition) is 1. The summed E-state index contributed by atoms with van der Waals surface area (Å²) in [6, 6.07) is 1.48. The summed E-state index contributed by atoms with van der Waals surface area (Å²) in [5.74, 6) is 0.794. The molecule has 0 spiro atoms. The van der Waals surface area contributed by atoms with E-state index in [1.807, 2.05) is 0 Å². The fourth-order valence-electron chi connectivity index (χ4n) is 3.75. The topological polar surface area (TPSA) is 23.5 Å². The molecule has 2 saturated carbocycles. The van der Waals surface area contributed by atoms with Gasteiger partial charge in [-0.1, -0.05) is 26.7 Å². The normalized spacial score (nSPS) is 30.5. The average molecular weight is 253 g/mol. The number of aliphatic hydroxyl groups excluding tert-OH is 1. The van der Waals surface area contributed by atoms with Crippen molar-refractivity contribution in [1.82, 2.24) is 4.90 Å². The van der Waals surface area contributed by atoms with E-state index in [0.717, 1.165) is 24.8 Å². The van der Waals surface area contributed by atoms with Crippen molar-refractivity contribution >= 4 is 0 Å². The molecule has 0 aromatic rings. The van der Waals surface area contributed by atoms with Gasteiger partial charge in [-0.15, -0.1) is 0 Å². The lowest BCUT2D eigenvalue weighted by atomic mass is 9.90. The van der Waals surface area contributed by atoms with Gasteiger partial charge in [0.25, 0.3) is 0 Å². The average Bonchev–Trinajstić information content (AvgIpc) is 2.83. The maximum atomic E-state index is 9.92. The summed E-state index contributed by atoms with van der Waals surface area (Å²) in [7, 11) is 0. The minimum absolute atomic E-state index is 0.0355. The lowest BCUT2D eigenvalue weighted by molar-refractivity contribution is 0.0385. The third-order valence-corrected chi connectivity index (χ3v) is 4.85. The Morgan fingerprint density at radius 3 is 2.28 bits per heavy atom. The Labute approximate surface area is 113 Å². The van der Waals surface area contributed by atoms with Crippen LogP contribution in [0.1, 0.15) is 71.6 Å². The lowest BCUT2D eigenvalue weighted by Crippen LogP contribution is -2.46. The third kappa shape index (κ3) is 3.96. The van der Waals surface area contributed by atoms with Crippen LogP contribution >= 0.6 is 0 Å². The Kier molecular flexibility index (Phi) is 5.50. The molecule has 18 heavy (non-hydrogen) atoms. The van der Waals surface area contributed by atoms with Crippen LogP contribution in [0.15, 0.2) is 0 Å². The van der Waals surface area contributed by atoms with Gasteiger partial charge in [-0.05, 0) is 57.4 Å². The fraction of sp³-hybridized carbons (Fsp3) is 1.00. The summed E-state index contributed by atoms with van der Waals surface area (Å²) in [6.07, 6.45) is 11.5. The van der Waals surface area contributed by atoms with Crippen LogP contribution in [0.3, 0.4) is 0 Å². The van der Waals surface area contributed by atoms with Gasteiger partial charge in [0.2, 0.25) is 0 Å².